The van der Waals surface area contributed by atoms with Crippen molar-refractivity contribution in [3.8, 4) is 5.69 Å². The predicted molar refractivity (Wildman–Crippen MR) is 89.4 cm³/mol. The number of ether oxygens (including phenoxy) is 1. The fourth-order valence-corrected chi connectivity index (χ4v) is 2.01. The molecule has 0 aliphatic heterocycles. The summed E-state index contributed by atoms with van der Waals surface area (Å²) in [5, 5.41) is 6.61. The van der Waals surface area contributed by atoms with Crippen LogP contribution >= 0.6 is 0 Å². The molecule has 0 saturated heterocycles. The molecule has 2 aromatic rings. The summed E-state index contributed by atoms with van der Waals surface area (Å²) in [5.74, 6) is -1.03. The Morgan fingerprint density at radius 3 is 2.46 bits per heavy atom. The average Bonchev–Trinajstić information content (AvgIpc) is 2.56. The van der Waals surface area contributed by atoms with Gasteiger partial charge in [0.1, 0.15) is 0 Å². The topological polar surface area (TPSA) is 90.3 Å². The van der Waals surface area contributed by atoms with E-state index in [2.05, 4.69) is 10.4 Å². The third-order valence-corrected chi connectivity index (χ3v) is 3.27. The molecule has 7 heteroatoms. The van der Waals surface area contributed by atoms with Crippen molar-refractivity contribution in [2.45, 2.75) is 27.2 Å². The first-order chi connectivity index (χ1) is 11.5. The van der Waals surface area contributed by atoms with E-state index in [-0.39, 0.29) is 30.3 Å². The highest BCUT2D eigenvalue weighted by atomic mass is 16.5. The maximum absolute atomic E-state index is 12.3. The Kier molecular flexibility index (Phi) is 5.47. The number of nitrogens with zero attached hydrogens (tertiary/aromatic N) is 2. The Hall–Kier alpha value is -2.96. The van der Waals surface area contributed by atoms with Gasteiger partial charge in [0.15, 0.2) is 5.69 Å². The molecule has 0 atom stereocenters. The molecule has 0 unspecified atom stereocenters. The van der Waals surface area contributed by atoms with Crippen molar-refractivity contribution in [2.24, 2.45) is 0 Å². The van der Waals surface area contributed by atoms with Gasteiger partial charge in [-0.05, 0) is 26.0 Å². The summed E-state index contributed by atoms with van der Waals surface area (Å²) in [5.41, 5.74) is 1.03. The van der Waals surface area contributed by atoms with E-state index in [9.17, 15) is 14.4 Å². The average molecular weight is 329 g/mol. The minimum absolute atomic E-state index is 0.0497. The third-order valence-electron chi connectivity index (χ3n) is 3.27. The number of anilines is 1. The maximum atomic E-state index is 12.3. The summed E-state index contributed by atoms with van der Waals surface area (Å²) in [6.45, 7) is 5.41. The lowest BCUT2D eigenvalue weighted by Gasteiger charge is -2.12. The van der Waals surface area contributed by atoms with Gasteiger partial charge < -0.3 is 10.1 Å². The van der Waals surface area contributed by atoms with Crippen LogP contribution in [-0.4, -0.2) is 28.3 Å². The molecular formula is C17H19N3O4. The molecule has 1 aromatic heterocycles. The van der Waals surface area contributed by atoms with Gasteiger partial charge in [-0.2, -0.15) is 9.78 Å². The molecule has 0 fully saturated rings. The van der Waals surface area contributed by atoms with Crippen molar-refractivity contribution in [3.63, 3.8) is 0 Å². The normalized spacial score (nSPS) is 10.3. The number of carbonyl (C=O) groups is 2. The number of benzene rings is 1. The monoisotopic (exact) mass is 329 g/mol. The smallest absolute Gasteiger partial charge is 0.360 e. The summed E-state index contributed by atoms with van der Waals surface area (Å²) < 4.78 is 6.07. The second-order valence-corrected chi connectivity index (χ2v) is 5.11. The number of hydrogen-bond acceptors (Lipinski definition) is 5. The van der Waals surface area contributed by atoms with Crippen molar-refractivity contribution in [3.05, 3.63) is 51.9 Å². The predicted octanol–water partition coefficient (Wildman–Crippen LogP) is 2.07. The SMILES string of the molecule is CCOC(=O)c1nn(-c2ccc(C)cc2)c(=O)cc1NC(=O)CC. The van der Waals surface area contributed by atoms with Crippen LogP contribution in [0.4, 0.5) is 5.69 Å². The van der Waals surface area contributed by atoms with Crippen molar-refractivity contribution < 1.29 is 14.3 Å². The van der Waals surface area contributed by atoms with Crippen LogP contribution in [-0.2, 0) is 9.53 Å². The van der Waals surface area contributed by atoms with E-state index >= 15 is 0 Å². The van der Waals surface area contributed by atoms with Crippen LogP contribution in [0, 0.1) is 6.92 Å². The molecule has 0 radical (unpaired) electrons. The molecule has 0 aliphatic carbocycles. The second-order valence-electron chi connectivity index (χ2n) is 5.11. The molecule has 1 amide bonds. The van der Waals surface area contributed by atoms with Gasteiger partial charge in [-0.1, -0.05) is 24.6 Å². The van der Waals surface area contributed by atoms with Crippen molar-refractivity contribution >= 4 is 17.6 Å². The highest BCUT2D eigenvalue weighted by Crippen LogP contribution is 2.14. The zero-order chi connectivity index (χ0) is 17.7. The van der Waals surface area contributed by atoms with E-state index < -0.39 is 11.5 Å². The lowest BCUT2D eigenvalue weighted by atomic mass is 10.2. The zero-order valence-electron chi connectivity index (χ0n) is 13.8. The lowest BCUT2D eigenvalue weighted by molar-refractivity contribution is -0.115. The van der Waals surface area contributed by atoms with Crippen molar-refractivity contribution in [2.75, 3.05) is 11.9 Å². The number of nitrogens with one attached hydrogen (secondary N) is 1. The first-order valence-corrected chi connectivity index (χ1v) is 7.64. The Labute approximate surface area is 139 Å². The Balaban J connectivity index is 2.56. The minimum atomic E-state index is -0.704. The molecule has 2 rings (SSSR count). The highest BCUT2D eigenvalue weighted by molar-refractivity contribution is 5.99. The van der Waals surface area contributed by atoms with Gasteiger partial charge >= 0.3 is 5.97 Å². The maximum Gasteiger partial charge on any atom is 0.360 e. The van der Waals surface area contributed by atoms with Crippen LogP contribution in [0.1, 0.15) is 36.3 Å². The van der Waals surface area contributed by atoms with E-state index in [0.29, 0.717) is 5.69 Å². The number of carbonyl (C=O) groups excluding carboxylic acids is 2. The van der Waals surface area contributed by atoms with Crippen LogP contribution in [0.5, 0.6) is 0 Å². The molecule has 7 nitrogen and oxygen atoms in total. The largest absolute Gasteiger partial charge is 0.461 e. The molecule has 0 saturated carbocycles. The summed E-state index contributed by atoms with van der Waals surface area (Å²) in [6.07, 6.45) is 0.212. The fraction of sp³-hybridized carbons (Fsp3) is 0.294. The first-order valence-electron chi connectivity index (χ1n) is 7.64. The zero-order valence-corrected chi connectivity index (χ0v) is 13.8. The van der Waals surface area contributed by atoms with Gasteiger partial charge in [-0.15, -0.1) is 0 Å². The minimum Gasteiger partial charge on any atom is -0.461 e. The molecule has 0 spiro atoms. The van der Waals surface area contributed by atoms with E-state index in [1.807, 2.05) is 19.1 Å². The van der Waals surface area contributed by atoms with Gasteiger partial charge in [0.25, 0.3) is 5.56 Å². The standard InChI is InChI=1S/C17H19N3O4/c1-4-14(21)18-13-10-15(22)20(12-8-6-11(3)7-9-12)19-16(13)17(23)24-5-2/h6-10H,4-5H2,1-3H3,(H,18,21). The number of amides is 1. The number of esters is 1. The van der Waals surface area contributed by atoms with Crippen LogP contribution in [0.3, 0.4) is 0 Å². The van der Waals surface area contributed by atoms with Crippen LogP contribution in [0.25, 0.3) is 5.69 Å². The van der Waals surface area contributed by atoms with E-state index in [1.54, 1.807) is 26.0 Å². The van der Waals surface area contributed by atoms with E-state index in [0.717, 1.165) is 10.2 Å². The Bertz CT molecular complexity index is 810. The quantitative estimate of drug-likeness (QED) is 0.848. The molecule has 0 bridgehead atoms. The number of hydrogen-bond donors (Lipinski definition) is 1. The number of aryl methyl sites for hydroxylation is 1. The summed E-state index contributed by atoms with van der Waals surface area (Å²) in [4.78, 5) is 36.1. The van der Waals surface area contributed by atoms with Gasteiger partial charge in [0, 0.05) is 12.5 Å². The first kappa shape index (κ1) is 17.4. The number of rotatable bonds is 5. The molecule has 1 aromatic carbocycles. The molecular weight excluding hydrogens is 310 g/mol. The Morgan fingerprint density at radius 2 is 1.88 bits per heavy atom. The van der Waals surface area contributed by atoms with Crippen LogP contribution < -0.4 is 10.9 Å². The summed E-state index contributed by atoms with van der Waals surface area (Å²) in [6, 6.07) is 8.29. The van der Waals surface area contributed by atoms with E-state index in [4.69, 9.17) is 4.74 Å². The van der Waals surface area contributed by atoms with Crippen molar-refractivity contribution in [1.82, 2.24) is 9.78 Å². The summed E-state index contributed by atoms with van der Waals surface area (Å²) in [7, 11) is 0. The molecule has 126 valence electrons. The molecule has 1 heterocycles. The van der Waals surface area contributed by atoms with E-state index in [1.165, 1.54) is 6.07 Å². The third kappa shape index (κ3) is 3.87. The van der Waals surface area contributed by atoms with Crippen molar-refractivity contribution in [1.29, 1.82) is 0 Å². The van der Waals surface area contributed by atoms with Gasteiger partial charge in [0.05, 0.1) is 18.0 Å². The van der Waals surface area contributed by atoms with Gasteiger partial charge in [0.2, 0.25) is 5.91 Å². The van der Waals surface area contributed by atoms with Gasteiger partial charge in [-0.25, -0.2) is 4.79 Å². The molecule has 1 N–H and O–H groups in total. The molecule has 0 aliphatic rings. The van der Waals surface area contributed by atoms with Gasteiger partial charge in [-0.3, -0.25) is 9.59 Å². The summed E-state index contributed by atoms with van der Waals surface area (Å²) >= 11 is 0. The molecule has 24 heavy (non-hydrogen) atoms. The number of aromatic nitrogens is 2. The van der Waals surface area contributed by atoms with Crippen LogP contribution in [0.15, 0.2) is 35.1 Å². The fourth-order valence-electron chi connectivity index (χ4n) is 2.01. The highest BCUT2D eigenvalue weighted by Gasteiger charge is 2.19. The van der Waals surface area contributed by atoms with Crippen LogP contribution in [0.2, 0.25) is 0 Å². The Morgan fingerprint density at radius 1 is 1.21 bits per heavy atom. The second kappa shape index (κ2) is 7.54. The lowest BCUT2D eigenvalue weighted by Crippen LogP contribution is -2.27.